The molecule has 1 N–H and O–H groups in total. The van der Waals surface area contributed by atoms with Gasteiger partial charge in [0.05, 0.1) is 27.7 Å². The van der Waals surface area contributed by atoms with E-state index in [2.05, 4.69) is 20.4 Å². The zero-order valence-corrected chi connectivity index (χ0v) is 15.1. The van der Waals surface area contributed by atoms with Gasteiger partial charge >= 0.3 is 0 Å². The first kappa shape index (κ1) is 16.3. The fourth-order valence-corrected chi connectivity index (χ4v) is 3.37. The molecule has 8 heteroatoms. The maximum absolute atomic E-state index is 12.9. The number of nitrogens with zero attached hydrogens (tertiary/aromatic N) is 5. The lowest BCUT2D eigenvalue weighted by Gasteiger charge is -2.10. The Bertz CT molecular complexity index is 1060. The monoisotopic (exact) mass is 364 g/mol. The van der Waals surface area contributed by atoms with Gasteiger partial charge < -0.3 is 5.32 Å². The molecule has 0 fully saturated rings. The van der Waals surface area contributed by atoms with E-state index in [-0.39, 0.29) is 11.9 Å². The Morgan fingerprint density at radius 2 is 2.19 bits per heavy atom. The zero-order valence-electron chi connectivity index (χ0n) is 14.2. The SMILES string of the molecule is CC(C)n1ncc2c(C(=O)Nc3ccncn3)cc(-c3cccs3)nc21. The Hall–Kier alpha value is -3.13. The second-order valence-corrected chi connectivity index (χ2v) is 6.95. The molecule has 0 saturated carbocycles. The predicted octanol–water partition coefficient (Wildman–Crippen LogP) is 3.78. The summed E-state index contributed by atoms with van der Waals surface area (Å²) in [5.41, 5.74) is 1.96. The van der Waals surface area contributed by atoms with Crippen LogP contribution in [0.15, 0.2) is 48.4 Å². The van der Waals surface area contributed by atoms with Crippen molar-refractivity contribution in [3.05, 3.63) is 53.9 Å². The lowest BCUT2D eigenvalue weighted by molar-refractivity contribution is 0.102. The molecule has 7 nitrogen and oxygen atoms in total. The maximum atomic E-state index is 12.9. The number of thiophene rings is 1. The summed E-state index contributed by atoms with van der Waals surface area (Å²) in [6.45, 7) is 4.07. The lowest BCUT2D eigenvalue weighted by Crippen LogP contribution is -2.14. The van der Waals surface area contributed by atoms with Crippen molar-refractivity contribution in [2.45, 2.75) is 19.9 Å². The van der Waals surface area contributed by atoms with Gasteiger partial charge in [-0.25, -0.2) is 19.6 Å². The van der Waals surface area contributed by atoms with E-state index in [1.807, 2.05) is 36.0 Å². The van der Waals surface area contributed by atoms with Crippen LogP contribution in [0.25, 0.3) is 21.6 Å². The highest BCUT2D eigenvalue weighted by Crippen LogP contribution is 2.29. The third kappa shape index (κ3) is 2.95. The fraction of sp³-hybridized carbons (Fsp3) is 0.167. The average Bonchev–Trinajstić information content (AvgIpc) is 3.31. The van der Waals surface area contributed by atoms with Crippen molar-refractivity contribution in [2.75, 3.05) is 5.32 Å². The van der Waals surface area contributed by atoms with Gasteiger partial charge in [-0.1, -0.05) is 6.07 Å². The van der Waals surface area contributed by atoms with Gasteiger partial charge in [-0.05, 0) is 37.4 Å². The molecule has 0 aromatic carbocycles. The van der Waals surface area contributed by atoms with Gasteiger partial charge in [0.15, 0.2) is 5.65 Å². The molecule has 0 aliphatic carbocycles. The van der Waals surface area contributed by atoms with Crippen molar-refractivity contribution in [1.82, 2.24) is 24.7 Å². The molecule has 26 heavy (non-hydrogen) atoms. The van der Waals surface area contributed by atoms with Gasteiger partial charge in [0, 0.05) is 12.2 Å². The third-order valence-electron chi connectivity index (χ3n) is 3.90. The molecule has 4 aromatic rings. The number of nitrogens with one attached hydrogen (secondary N) is 1. The Morgan fingerprint density at radius 1 is 1.31 bits per heavy atom. The molecule has 0 aliphatic heterocycles. The van der Waals surface area contributed by atoms with Gasteiger partial charge in [0.25, 0.3) is 5.91 Å². The molecule has 0 radical (unpaired) electrons. The number of amides is 1. The van der Waals surface area contributed by atoms with Gasteiger partial charge in [0.2, 0.25) is 0 Å². The molecule has 4 rings (SSSR count). The minimum Gasteiger partial charge on any atom is -0.306 e. The van der Waals surface area contributed by atoms with E-state index in [1.54, 1.807) is 35.9 Å². The summed E-state index contributed by atoms with van der Waals surface area (Å²) in [5, 5.41) is 9.93. The molecule has 4 heterocycles. The number of hydrogen-bond acceptors (Lipinski definition) is 6. The van der Waals surface area contributed by atoms with Gasteiger partial charge in [0.1, 0.15) is 12.1 Å². The zero-order chi connectivity index (χ0) is 18.1. The van der Waals surface area contributed by atoms with Crippen LogP contribution in [0.4, 0.5) is 5.82 Å². The van der Waals surface area contributed by atoms with E-state index in [0.717, 1.165) is 10.6 Å². The third-order valence-corrected chi connectivity index (χ3v) is 4.79. The Kier molecular flexibility index (Phi) is 4.18. The first-order valence-corrected chi connectivity index (χ1v) is 9.01. The number of carbonyl (C=O) groups is 1. The molecular formula is C18H16N6OS. The second-order valence-electron chi connectivity index (χ2n) is 6.00. The summed E-state index contributed by atoms with van der Waals surface area (Å²) in [4.78, 5) is 26.6. The van der Waals surface area contributed by atoms with Crippen LogP contribution >= 0.6 is 11.3 Å². The summed E-state index contributed by atoms with van der Waals surface area (Å²) >= 11 is 1.58. The maximum Gasteiger partial charge on any atom is 0.257 e. The van der Waals surface area contributed by atoms with E-state index in [1.165, 1.54) is 6.33 Å². The molecule has 0 aliphatic rings. The van der Waals surface area contributed by atoms with Crippen molar-refractivity contribution in [3.63, 3.8) is 0 Å². The number of rotatable bonds is 4. The predicted molar refractivity (Wildman–Crippen MR) is 101 cm³/mol. The number of pyridine rings is 1. The van der Waals surface area contributed by atoms with Crippen molar-refractivity contribution in [2.24, 2.45) is 0 Å². The first-order valence-electron chi connectivity index (χ1n) is 8.13. The van der Waals surface area contributed by atoms with Crippen LogP contribution in [0.3, 0.4) is 0 Å². The smallest absolute Gasteiger partial charge is 0.257 e. The number of aromatic nitrogens is 5. The van der Waals surface area contributed by atoms with E-state index in [9.17, 15) is 4.79 Å². The Balaban J connectivity index is 1.85. The van der Waals surface area contributed by atoms with E-state index in [0.29, 0.717) is 22.4 Å². The van der Waals surface area contributed by atoms with Crippen LogP contribution in [0.1, 0.15) is 30.2 Å². The summed E-state index contributed by atoms with van der Waals surface area (Å²) in [7, 11) is 0. The average molecular weight is 364 g/mol. The topological polar surface area (TPSA) is 85.6 Å². The van der Waals surface area contributed by atoms with E-state index in [4.69, 9.17) is 4.98 Å². The second kappa shape index (κ2) is 6.64. The highest BCUT2D eigenvalue weighted by atomic mass is 32.1. The van der Waals surface area contributed by atoms with Gasteiger partial charge in [-0.2, -0.15) is 5.10 Å². The molecule has 0 saturated heterocycles. The van der Waals surface area contributed by atoms with E-state index < -0.39 is 0 Å². The molecule has 0 atom stereocenters. The van der Waals surface area contributed by atoms with Crippen molar-refractivity contribution < 1.29 is 4.79 Å². The van der Waals surface area contributed by atoms with E-state index >= 15 is 0 Å². The van der Waals surface area contributed by atoms with Gasteiger partial charge in [-0.15, -0.1) is 11.3 Å². The normalized spacial score (nSPS) is 11.2. The van der Waals surface area contributed by atoms with Crippen LogP contribution in [-0.4, -0.2) is 30.6 Å². The number of carbonyl (C=O) groups excluding carboxylic acids is 1. The molecule has 130 valence electrons. The molecule has 0 spiro atoms. The first-order chi connectivity index (χ1) is 12.6. The standard InChI is InChI=1S/C18H16N6OS/c1-11(2)24-17-13(9-21-24)12(8-14(22-17)15-4-3-7-26-15)18(25)23-16-5-6-19-10-20-16/h3-11H,1-2H3,(H,19,20,23,25). The quantitative estimate of drug-likeness (QED) is 0.595. The fourth-order valence-electron chi connectivity index (χ4n) is 2.68. The minimum absolute atomic E-state index is 0.136. The van der Waals surface area contributed by atoms with Crippen molar-refractivity contribution in [1.29, 1.82) is 0 Å². The van der Waals surface area contributed by atoms with Gasteiger partial charge in [-0.3, -0.25) is 4.79 Å². The molecule has 0 bridgehead atoms. The van der Waals surface area contributed by atoms with Crippen LogP contribution in [0, 0.1) is 0 Å². The molecule has 1 amide bonds. The lowest BCUT2D eigenvalue weighted by atomic mass is 10.1. The van der Waals surface area contributed by atoms with Crippen molar-refractivity contribution >= 4 is 34.1 Å². The van der Waals surface area contributed by atoms with Crippen LogP contribution in [-0.2, 0) is 0 Å². The molecular weight excluding hydrogens is 348 g/mol. The summed E-state index contributed by atoms with van der Waals surface area (Å²) < 4.78 is 1.83. The largest absolute Gasteiger partial charge is 0.306 e. The summed E-state index contributed by atoms with van der Waals surface area (Å²) in [6, 6.07) is 7.54. The number of fused-ring (bicyclic) bond motifs is 1. The Morgan fingerprint density at radius 3 is 2.88 bits per heavy atom. The highest BCUT2D eigenvalue weighted by Gasteiger charge is 2.19. The number of anilines is 1. The minimum atomic E-state index is -0.253. The molecule has 0 unspecified atom stereocenters. The van der Waals surface area contributed by atoms with Crippen LogP contribution in [0.5, 0.6) is 0 Å². The summed E-state index contributed by atoms with van der Waals surface area (Å²) in [6.07, 6.45) is 4.67. The summed E-state index contributed by atoms with van der Waals surface area (Å²) in [5.74, 6) is 0.195. The highest BCUT2D eigenvalue weighted by molar-refractivity contribution is 7.13. The van der Waals surface area contributed by atoms with Crippen LogP contribution < -0.4 is 5.32 Å². The number of hydrogen-bond donors (Lipinski definition) is 1. The van der Waals surface area contributed by atoms with Crippen molar-refractivity contribution in [3.8, 4) is 10.6 Å². The molecule has 4 aromatic heterocycles. The van der Waals surface area contributed by atoms with Crippen LogP contribution in [0.2, 0.25) is 0 Å². The Labute approximate surface area is 153 Å².